The summed E-state index contributed by atoms with van der Waals surface area (Å²) < 4.78 is 16.3. The highest BCUT2D eigenvalue weighted by atomic mass is 35.5. The first-order valence-corrected chi connectivity index (χ1v) is 9.60. The summed E-state index contributed by atoms with van der Waals surface area (Å²) in [4.78, 5) is 18.5. The van der Waals surface area contributed by atoms with Crippen molar-refractivity contribution in [3.63, 3.8) is 0 Å². The number of benzene rings is 2. The minimum Gasteiger partial charge on any atom is -0.496 e. The van der Waals surface area contributed by atoms with Crippen LogP contribution in [-0.4, -0.2) is 47.8 Å². The van der Waals surface area contributed by atoms with Crippen molar-refractivity contribution in [2.24, 2.45) is 0 Å². The highest BCUT2D eigenvalue weighted by molar-refractivity contribution is 6.30. The topological polar surface area (TPSA) is 77.7 Å². The summed E-state index contributed by atoms with van der Waals surface area (Å²) >= 11 is 5.84. The summed E-state index contributed by atoms with van der Waals surface area (Å²) in [5.74, 6) is 2.52. The monoisotopic (exact) mass is 413 g/mol. The number of carbonyl (C=O) groups is 1. The first-order chi connectivity index (χ1) is 14.1. The average Bonchev–Trinajstić information content (AvgIpc) is 3.15. The lowest BCUT2D eigenvalue weighted by Gasteiger charge is -2.36. The van der Waals surface area contributed by atoms with Gasteiger partial charge in [0.15, 0.2) is 12.4 Å². The third-order valence-corrected chi connectivity index (χ3v) is 5.04. The second-order valence-electron chi connectivity index (χ2n) is 6.78. The lowest BCUT2D eigenvalue weighted by atomic mass is 10.0. The second kappa shape index (κ2) is 8.53. The molecule has 7 nitrogen and oxygen atoms in total. The maximum Gasteiger partial charge on any atom is 0.260 e. The van der Waals surface area contributed by atoms with Gasteiger partial charge in [0.05, 0.1) is 13.0 Å². The molecule has 150 valence electrons. The average molecular weight is 414 g/mol. The molecule has 0 bridgehead atoms. The van der Waals surface area contributed by atoms with Crippen LogP contribution in [0.5, 0.6) is 11.5 Å². The Bertz CT molecular complexity index is 984. The number of nitrogens with zero attached hydrogens (tertiary/aromatic N) is 3. The van der Waals surface area contributed by atoms with E-state index in [0.29, 0.717) is 42.0 Å². The Morgan fingerprint density at radius 3 is 2.72 bits per heavy atom. The van der Waals surface area contributed by atoms with E-state index in [2.05, 4.69) is 10.1 Å². The third-order valence-electron chi connectivity index (χ3n) is 4.78. The Hall–Kier alpha value is -3.06. The Kier molecular flexibility index (Phi) is 5.67. The SMILES string of the molecule is COc1ccccc1Cc1noc(C2CN(C(=O)COc3ccc(Cl)cc3)C2)n1. The van der Waals surface area contributed by atoms with Gasteiger partial charge in [0, 0.05) is 30.1 Å². The molecule has 1 aliphatic heterocycles. The zero-order valence-electron chi connectivity index (χ0n) is 15.9. The van der Waals surface area contributed by atoms with Crippen LogP contribution in [0.3, 0.4) is 0 Å². The number of halogens is 1. The van der Waals surface area contributed by atoms with Crippen LogP contribution in [0.15, 0.2) is 53.1 Å². The molecule has 0 atom stereocenters. The van der Waals surface area contributed by atoms with Crippen molar-refractivity contribution in [1.82, 2.24) is 15.0 Å². The van der Waals surface area contributed by atoms with Crippen LogP contribution in [0, 0.1) is 0 Å². The summed E-state index contributed by atoms with van der Waals surface area (Å²) in [6.07, 6.45) is 0.526. The zero-order valence-corrected chi connectivity index (χ0v) is 16.6. The molecule has 3 aromatic rings. The number of para-hydroxylation sites is 1. The van der Waals surface area contributed by atoms with Crippen molar-refractivity contribution in [2.75, 3.05) is 26.8 Å². The van der Waals surface area contributed by atoms with Gasteiger partial charge in [-0.3, -0.25) is 4.79 Å². The summed E-state index contributed by atoms with van der Waals surface area (Å²) in [6.45, 7) is 1.06. The predicted molar refractivity (Wildman–Crippen MR) is 106 cm³/mol. The molecule has 2 aromatic carbocycles. The number of likely N-dealkylation sites (tertiary alicyclic amines) is 1. The van der Waals surface area contributed by atoms with Gasteiger partial charge in [-0.05, 0) is 30.3 Å². The molecule has 8 heteroatoms. The quantitative estimate of drug-likeness (QED) is 0.591. The van der Waals surface area contributed by atoms with Crippen molar-refractivity contribution >= 4 is 17.5 Å². The molecule has 1 aliphatic rings. The standard InChI is InChI=1S/C21H20ClN3O4/c1-27-18-5-3-2-4-14(18)10-19-23-21(29-24-19)15-11-25(12-15)20(26)13-28-17-8-6-16(22)7-9-17/h2-9,15H,10-13H2,1H3. The smallest absolute Gasteiger partial charge is 0.260 e. The van der Waals surface area contributed by atoms with E-state index in [0.717, 1.165) is 11.3 Å². The Morgan fingerprint density at radius 2 is 1.97 bits per heavy atom. The lowest BCUT2D eigenvalue weighted by molar-refractivity contribution is -0.138. The van der Waals surface area contributed by atoms with Gasteiger partial charge in [0.1, 0.15) is 11.5 Å². The van der Waals surface area contributed by atoms with Gasteiger partial charge in [-0.25, -0.2) is 0 Å². The maximum atomic E-state index is 12.3. The molecule has 2 heterocycles. The van der Waals surface area contributed by atoms with Crippen LogP contribution in [0.2, 0.25) is 5.02 Å². The number of hydrogen-bond donors (Lipinski definition) is 0. The highest BCUT2D eigenvalue weighted by Gasteiger charge is 2.35. The third kappa shape index (κ3) is 4.51. The largest absolute Gasteiger partial charge is 0.496 e. The van der Waals surface area contributed by atoms with Gasteiger partial charge in [0.25, 0.3) is 5.91 Å². The van der Waals surface area contributed by atoms with Gasteiger partial charge >= 0.3 is 0 Å². The Balaban J connectivity index is 1.27. The minimum atomic E-state index is -0.0787. The molecule has 0 aliphatic carbocycles. The Labute approximate surface area is 173 Å². The second-order valence-corrected chi connectivity index (χ2v) is 7.21. The predicted octanol–water partition coefficient (Wildman–Crippen LogP) is 3.33. The summed E-state index contributed by atoms with van der Waals surface area (Å²) in [5, 5.41) is 4.69. The van der Waals surface area contributed by atoms with Crippen molar-refractivity contribution in [3.8, 4) is 11.5 Å². The summed E-state index contributed by atoms with van der Waals surface area (Å²) in [7, 11) is 1.64. The number of aromatic nitrogens is 2. The van der Waals surface area contributed by atoms with Crippen LogP contribution < -0.4 is 9.47 Å². The van der Waals surface area contributed by atoms with Crippen LogP contribution in [0.4, 0.5) is 0 Å². The number of hydrogen-bond acceptors (Lipinski definition) is 6. The maximum absolute atomic E-state index is 12.3. The molecule has 29 heavy (non-hydrogen) atoms. The molecule has 4 rings (SSSR count). The van der Waals surface area contributed by atoms with E-state index in [4.69, 9.17) is 25.6 Å². The molecular weight excluding hydrogens is 394 g/mol. The molecule has 1 amide bonds. The fraction of sp³-hybridized carbons (Fsp3) is 0.286. The molecule has 1 fully saturated rings. The fourth-order valence-corrected chi connectivity index (χ4v) is 3.26. The number of ether oxygens (including phenoxy) is 2. The first kappa shape index (κ1) is 19.3. The highest BCUT2D eigenvalue weighted by Crippen LogP contribution is 2.27. The van der Waals surface area contributed by atoms with Crippen molar-refractivity contribution in [3.05, 3.63) is 70.8 Å². The molecule has 0 N–H and O–H groups in total. The molecular formula is C21H20ClN3O4. The van der Waals surface area contributed by atoms with Gasteiger partial charge in [-0.2, -0.15) is 4.98 Å². The van der Waals surface area contributed by atoms with Crippen molar-refractivity contribution in [1.29, 1.82) is 0 Å². The zero-order chi connectivity index (χ0) is 20.2. The van der Waals surface area contributed by atoms with Crippen LogP contribution in [-0.2, 0) is 11.2 Å². The number of methoxy groups -OCH3 is 1. The molecule has 0 unspecified atom stereocenters. The van der Waals surface area contributed by atoms with Gasteiger partial charge in [0.2, 0.25) is 5.89 Å². The Morgan fingerprint density at radius 1 is 1.21 bits per heavy atom. The molecule has 0 spiro atoms. The molecule has 1 aromatic heterocycles. The molecule has 1 saturated heterocycles. The van der Waals surface area contributed by atoms with E-state index >= 15 is 0 Å². The first-order valence-electron chi connectivity index (χ1n) is 9.23. The van der Waals surface area contributed by atoms with Crippen LogP contribution in [0.25, 0.3) is 0 Å². The van der Waals surface area contributed by atoms with E-state index in [-0.39, 0.29) is 18.4 Å². The van der Waals surface area contributed by atoms with Crippen LogP contribution >= 0.6 is 11.6 Å². The summed E-state index contributed by atoms with van der Waals surface area (Å²) in [5.41, 5.74) is 0.993. The van der Waals surface area contributed by atoms with Gasteiger partial charge in [-0.1, -0.05) is 35.0 Å². The number of rotatable bonds is 7. The minimum absolute atomic E-state index is 0.0166. The normalized spacial score (nSPS) is 13.8. The molecule has 0 saturated carbocycles. The number of amides is 1. The van der Waals surface area contributed by atoms with E-state index in [1.165, 1.54) is 0 Å². The summed E-state index contributed by atoms with van der Waals surface area (Å²) in [6, 6.07) is 14.6. The van der Waals surface area contributed by atoms with E-state index < -0.39 is 0 Å². The number of carbonyl (C=O) groups excluding carboxylic acids is 1. The van der Waals surface area contributed by atoms with Crippen LogP contribution in [0.1, 0.15) is 23.2 Å². The molecule has 0 radical (unpaired) electrons. The van der Waals surface area contributed by atoms with Gasteiger partial charge < -0.3 is 18.9 Å². The lowest BCUT2D eigenvalue weighted by Crippen LogP contribution is -2.50. The van der Waals surface area contributed by atoms with E-state index in [9.17, 15) is 4.79 Å². The fourth-order valence-electron chi connectivity index (χ4n) is 3.13. The van der Waals surface area contributed by atoms with E-state index in [1.54, 1.807) is 36.3 Å². The van der Waals surface area contributed by atoms with Crippen molar-refractivity contribution < 1.29 is 18.8 Å². The van der Waals surface area contributed by atoms with Gasteiger partial charge in [-0.15, -0.1) is 0 Å². The van der Waals surface area contributed by atoms with E-state index in [1.807, 2.05) is 24.3 Å². The van der Waals surface area contributed by atoms with Crippen molar-refractivity contribution in [2.45, 2.75) is 12.3 Å².